The lowest BCUT2D eigenvalue weighted by atomic mass is 9.99. The van der Waals surface area contributed by atoms with Crippen molar-refractivity contribution in [1.29, 1.82) is 0 Å². The normalized spacial score (nSPS) is 14.9. The fraction of sp³-hybridized carbons (Fsp3) is 0.353. The van der Waals surface area contributed by atoms with Crippen LogP contribution in [0.5, 0.6) is 0 Å². The topological polar surface area (TPSA) is 51.3 Å². The molecule has 1 amide bonds. The number of benzene rings is 1. The number of rotatable bonds is 5. The molecule has 1 aromatic carbocycles. The second-order valence-corrected chi connectivity index (χ2v) is 5.64. The maximum absolute atomic E-state index is 10.8. The van der Waals surface area contributed by atoms with E-state index in [-0.39, 0.29) is 5.91 Å². The number of primary amides is 1. The summed E-state index contributed by atoms with van der Waals surface area (Å²) in [6.45, 7) is 2.97. The predicted molar refractivity (Wildman–Crippen MR) is 83.2 cm³/mol. The highest BCUT2D eigenvalue weighted by Gasteiger charge is 2.16. The number of carbonyl (C=O) groups is 1. The maximum Gasteiger partial charge on any atom is 0.217 e. The molecule has 4 nitrogen and oxygen atoms in total. The fourth-order valence-corrected chi connectivity index (χ4v) is 2.94. The molecule has 2 N–H and O–H groups in total. The standard InChI is InChI=1S/C17H21N3O/c18-17(21)4-3-8-19-11-7-14-5-6-16(12-15(14)13-19)20-9-1-2-10-20/h1-2,5-6,9-10,12H,3-4,7-8,11,13H2,(H2,18,21). The van der Waals surface area contributed by atoms with E-state index in [9.17, 15) is 4.79 Å². The zero-order valence-electron chi connectivity index (χ0n) is 12.2. The summed E-state index contributed by atoms with van der Waals surface area (Å²) in [5.74, 6) is -0.206. The molecule has 0 saturated carbocycles. The second kappa shape index (κ2) is 6.14. The van der Waals surface area contributed by atoms with Crippen LogP contribution in [0.1, 0.15) is 24.0 Å². The molecule has 0 bridgehead atoms. The van der Waals surface area contributed by atoms with Gasteiger partial charge in [-0.1, -0.05) is 6.07 Å². The monoisotopic (exact) mass is 283 g/mol. The van der Waals surface area contributed by atoms with Gasteiger partial charge in [-0.2, -0.15) is 0 Å². The van der Waals surface area contributed by atoms with Gasteiger partial charge < -0.3 is 10.3 Å². The number of amides is 1. The highest BCUT2D eigenvalue weighted by molar-refractivity contribution is 5.73. The summed E-state index contributed by atoms with van der Waals surface area (Å²) in [7, 11) is 0. The first-order valence-corrected chi connectivity index (χ1v) is 7.48. The Hall–Kier alpha value is -2.07. The van der Waals surface area contributed by atoms with Gasteiger partial charge in [0.15, 0.2) is 0 Å². The molecule has 0 spiro atoms. The van der Waals surface area contributed by atoms with Gasteiger partial charge >= 0.3 is 0 Å². The molecule has 4 heteroatoms. The molecule has 1 aromatic heterocycles. The van der Waals surface area contributed by atoms with Gasteiger partial charge in [0.1, 0.15) is 0 Å². The van der Waals surface area contributed by atoms with Gasteiger partial charge in [0, 0.05) is 37.6 Å². The lowest BCUT2D eigenvalue weighted by molar-refractivity contribution is -0.118. The fourth-order valence-electron chi connectivity index (χ4n) is 2.94. The minimum absolute atomic E-state index is 0.206. The van der Waals surface area contributed by atoms with E-state index < -0.39 is 0 Å². The Morgan fingerprint density at radius 1 is 1.19 bits per heavy atom. The first kappa shape index (κ1) is 13.9. The van der Waals surface area contributed by atoms with Gasteiger partial charge in [-0.15, -0.1) is 0 Å². The summed E-state index contributed by atoms with van der Waals surface area (Å²) < 4.78 is 2.13. The summed E-state index contributed by atoms with van der Waals surface area (Å²) in [5, 5.41) is 0. The molecule has 2 heterocycles. The molecule has 3 rings (SSSR count). The van der Waals surface area contributed by atoms with Crippen molar-refractivity contribution in [3.05, 3.63) is 53.9 Å². The van der Waals surface area contributed by atoms with E-state index in [1.807, 2.05) is 12.1 Å². The van der Waals surface area contributed by atoms with Crippen molar-refractivity contribution >= 4 is 5.91 Å². The number of carbonyl (C=O) groups excluding carboxylic acids is 1. The van der Waals surface area contributed by atoms with E-state index in [4.69, 9.17) is 5.73 Å². The maximum atomic E-state index is 10.8. The number of nitrogens with two attached hydrogens (primary N) is 1. The molecule has 0 atom stereocenters. The van der Waals surface area contributed by atoms with Crippen LogP contribution >= 0.6 is 0 Å². The Bertz CT molecular complexity index is 619. The lowest BCUT2D eigenvalue weighted by Gasteiger charge is -2.29. The highest BCUT2D eigenvalue weighted by Crippen LogP contribution is 2.22. The Morgan fingerprint density at radius 2 is 2.00 bits per heavy atom. The number of fused-ring (bicyclic) bond motifs is 1. The van der Waals surface area contributed by atoms with Crippen molar-refractivity contribution in [2.45, 2.75) is 25.8 Å². The van der Waals surface area contributed by atoms with Crippen LogP contribution in [0.25, 0.3) is 5.69 Å². The third kappa shape index (κ3) is 3.34. The van der Waals surface area contributed by atoms with E-state index >= 15 is 0 Å². The highest BCUT2D eigenvalue weighted by atomic mass is 16.1. The summed E-state index contributed by atoms with van der Waals surface area (Å²) in [5.41, 5.74) is 9.24. The van der Waals surface area contributed by atoms with Crippen molar-refractivity contribution in [3.8, 4) is 5.69 Å². The van der Waals surface area contributed by atoms with Gasteiger partial charge in [0.25, 0.3) is 0 Å². The molecule has 2 aromatic rings. The van der Waals surface area contributed by atoms with Gasteiger partial charge in [-0.3, -0.25) is 9.69 Å². The zero-order chi connectivity index (χ0) is 14.7. The van der Waals surface area contributed by atoms with Crippen molar-refractivity contribution < 1.29 is 4.79 Å². The number of hydrogen-bond donors (Lipinski definition) is 1. The Labute approximate surface area is 125 Å². The first-order chi connectivity index (χ1) is 10.2. The van der Waals surface area contributed by atoms with Crippen molar-refractivity contribution in [3.63, 3.8) is 0 Å². The van der Waals surface area contributed by atoms with Crippen LogP contribution in [-0.4, -0.2) is 28.5 Å². The largest absolute Gasteiger partial charge is 0.370 e. The Morgan fingerprint density at radius 3 is 2.76 bits per heavy atom. The smallest absolute Gasteiger partial charge is 0.217 e. The molecule has 0 fully saturated rings. The Balaban J connectivity index is 1.69. The first-order valence-electron chi connectivity index (χ1n) is 7.48. The van der Waals surface area contributed by atoms with Crippen LogP contribution in [-0.2, 0) is 17.8 Å². The van der Waals surface area contributed by atoms with Crippen molar-refractivity contribution in [2.75, 3.05) is 13.1 Å². The third-order valence-electron chi connectivity index (χ3n) is 4.08. The third-order valence-corrected chi connectivity index (χ3v) is 4.08. The van der Waals surface area contributed by atoms with E-state index in [0.29, 0.717) is 6.42 Å². The number of nitrogens with zero attached hydrogens (tertiary/aromatic N) is 2. The average Bonchev–Trinajstić information content (AvgIpc) is 3.00. The van der Waals surface area contributed by atoms with E-state index in [1.54, 1.807) is 0 Å². The summed E-state index contributed by atoms with van der Waals surface area (Å²) >= 11 is 0. The Kier molecular flexibility index (Phi) is 4.06. The molecule has 0 saturated heterocycles. The summed E-state index contributed by atoms with van der Waals surface area (Å²) in [4.78, 5) is 13.2. The molecule has 0 radical (unpaired) electrons. The van der Waals surface area contributed by atoms with Crippen LogP contribution in [0, 0.1) is 0 Å². The molecule has 110 valence electrons. The summed E-state index contributed by atoms with van der Waals surface area (Å²) in [6.07, 6.45) is 6.54. The van der Waals surface area contributed by atoms with Gasteiger partial charge in [-0.05, 0) is 54.8 Å². The molecular weight excluding hydrogens is 262 g/mol. The molecule has 0 unspecified atom stereocenters. The minimum atomic E-state index is -0.206. The molecule has 0 aliphatic carbocycles. The van der Waals surface area contributed by atoms with Crippen LogP contribution in [0.15, 0.2) is 42.7 Å². The zero-order valence-corrected chi connectivity index (χ0v) is 12.2. The summed E-state index contributed by atoms with van der Waals surface area (Å²) in [6, 6.07) is 10.8. The van der Waals surface area contributed by atoms with Gasteiger partial charge in [0.05, 0.1) is 0 Å². The van der Waals surface area contributed by atoms with Gasteiger partial charge in [0.2, 0.25) is 5.91 Å². The molecule has 1 aliphatic heterocycles. The quantitative estimate of drug-likeness (QED) is 0.913. The SMILES string of the molecule is NC(=O)CCCN1CCc2ccc(-n3cccc3)cc2C1. The van der Waals surface area contributed by atoms with Crippen LogP contribution in [0.2, 0.25) is 0 Å². The van der Waals surface area contributed by atoms with Crippen molar-refractivity contribution in [2.24, 2.45) is 5.73 Å². The number of aromatic nitrogens is 1. The second-order valence-electron chi connectivity index (χ2n) is 5.64. The molecule has 21 heavy (non-hydrogen) atoms. The lowest BCUT2D eigenvalue weighted by Crippen LogP contribution is -2.32. The molecule has 1 aliphatic rings. The van der Waals surface area contributed by atoms with Crippen molar-refractivity contribution in [1.82, 2.24) is 9.47 Å². The van der Waals surface area contributed by atoms with Crippen LogP contribution in [0.3, 0.4) is 0 Å². The van der Waals surface area contributed by atoms with Crippen LogP contribution < -0.4 is 5.73 Å². The average molecular weight is 283 g/mol. The van der Waals surface area contributed by atoms with Crippen LogP contribution in [0.4, 0.5) is 0 Å². The molecular formula is C17H21N3O. The predicted octanol–water partition coefficient (Wildman–Crippen LogP) is 2.10. The van der Waals surface area contributed by atoms with E-state index in [1.165, 1.54) is 16.8 Å². The van der Waals surface area contributed by atoms with Gasteiger partial charge in [-0.25, -0.2) is 0 Å². The van der Waals surface area contributed by atoms with E-state index in [0.717, 1.165) is 32.5 Å². The van der Waals surface area contributed by atoms with E-state index in [2.05, 4.69) is 40.1 Å². The minimum Gasteiger partial charge on any atom is -0.370 e. The number of hydrogen-bond acceptors (Lipinski definition) is 2.